The molecule has 2 aromatic rings. The van der Waals surface area contributed by atoms with Crippen molar-refractivity contribution in [2.45, 2.75) is 6.92 Å². The first-order valence-corrected chi connectivity index (χ1v) is 5.30. The summed E-state index contributed by atoms with van der Waals surface area (Å²) in [5, 5.41) is 18.1. The van der Waals surface area contributed by atoms with Gasteiger partial charge in [0.25, 0.3) is 0 Å². The van der Waals surface area contributed by atoms with Crippen LogP contribution < -0.4 is 5.46 Å². The van der Waals surface area contributed by atoms with Crippen LogP contribution >= 0.6 is 0 Å². The van der Waals surface area contributed by atoms with Gasteiger partial charge in [0.05, 0.1) is 0 Å². The number of halogens is 1. The molecule has 0 bridgehead atoms. The summed E-state index contributed by atoms with van der Waals surface area (Å²) in [6, 6.07) is 11.6. The van der Waals surface area contributed by atoms with Gasteiger partial charge in [0.15, 0.2) is 0 Å². The van der Waals surface area contributed by atoms with Gasteiger partial charge in [-0.05, 0) is 35.6 Å². The van der Waals surface area contributed by atoms with E-state index in [0.29, 0.717) is 5.56 Å². The van der Waals surface area contributed by atoms with E-state index in [1.807, 2.05) is 31.2 Å². The Hall–Kier alpha value is -1.65. The largest absolute Gasteiger partial charge is 0.488 e. The summed E-state index contributed by atoms with van der Waals surface area (Å²) in [5.74, 6) is -0.480. The highest BCUT2D eigenvalue weighted by molar-refractivity contribution is 6.58. The fourth-order valence-electron chi connectivity index (χ4n) is 1.67. The number of hydrogen-bond donors (Lipinski definition) is 2. The molecule has 17 heavy (non-hydrogen) atoms. The molecule has 0 aliphatic carbocycles. The van der Waals surface area contributed by atoms with E-state index in [2.05, 4.69) is 0 Å². The third-order valence-electron chi connectivity index (χ3n) is 2.60. The molecule has 2 aromatic carbocycles. The molecular formula is C13H12BFO2. The second-order valence-corrected chi connectivity index (χ2v) is 4.01. The lowest BCUT2D eigenvalue weighted by molar-refractivity contribution is 0.425. The number of rotatable bonds is 2. The maximum Gasteiger partial charge on any atom is 0.488 e. The van der Waals surface area contributed by atoms with E-state index >= 15 is 0 Å². The number of aryl methyl sites for hydroxylation is 1. The third kappa shape index (κ3) is 2.73. The molecule has 0 heterocycles. The molecule has 2 rings (SSSR count). The quantitative estimate of drug-likeness (QED) is 0.767. The molecule has 2 N–H and O–H groups in total. The monoisotopic (exact) mass is 230 g/mol. The van der Waals surface area contributed by atoms with E-state index < -0.39 is 12.9 Å². The molecule has 0 saturated heterocycles. The molecular weight excluding hydrogens is 218 g/mol. The lowest BCUT2D eigenvalue weighted by Crippen LogP contribution is -2.30. The van der Waals surface area contributed by atoms with E-state index in [4.69, 9.17) is 10.0 Å². The Labute approximate surface area is 99.5 Å². The van der Waals surface area contributed by atoms with E-state index in [1.165, 1.54) is 6.07 Å². The normalized spacial score (nSPS) is 10.4. The highest BCUT2D eigenvalue weighted by Gasteiger charge is 2.13. The summed E-state index contributed by atoms with van der Waals surface area (Å²) in [4.78, 5) is 0. The molecule has 0 atom stereocenters. The smallest absolute Gasteiger partial charge is 0.423 e. The van der Waals surface area contributed by atoms with Crippen LogP contribution in [-0.2, 0) is 0 Å². The first-order chi connectivity index (χ1) is 8.06. The van der Waals surface area contributed by atoms with Gasteiger partial charge in [-0.3, -0.25) is 0 Å². The fraction of sp³-hybridized carbons (Fsp3) is 0.0769. The Morgan fingerprint density at radius 1 is 0.941 bits per heavy atom. The zero-order valence-electron chi connectivity index (χ0n) is 9.39. The first-order valence-electron chi connectivity index (χ1n) is 5.30. The molecule has 0 saturated carbocycles. The number of benzene rings is 2. The van der Waals surface area contributed by atoms with Crippen LogP contribution in [0.4, 0.5) is 4.39 Å². The molecule has 0 aromatic heterocycles. The zero-order valence-corrected chi connectivity index (χ0v) is 9.39. The highest BCUT2D eigenvalue weighted by atomic mass is 19.1. The van der Waals surface area contributed by atoms with Crippen LogP contribution in [0.5, 0.6) is 0 Å². The van der Waals surface area contributed by atoms with Crippen LogP contribution in [0.15, 0.2) is 42.5 Å². The van der Waals surface area contributed by atoms with Crippen molar-refractivity contribution in [2.24, 2.45) is 0 Å². The van der Waals surface area contributed by atoms with Crippen molar-refractivity contribution < 1.29 is 14.4 Å². The van der Waals surface area contributed by atoms with Crippen molar-refractivity contribution in [1.29, 1.82) is 0 Å². The van der Waals surface area contributed by atoms with Gasteiger partial charge in [-0.2, -0.15) is 0 Å². The van der Waals surface area contributed by atoms with Gasteiger partial charge in [-0.25, -0.2) is 4.39 Å². The molecule has 4 heteroatoms. The zero-order chi connectivity index (χ0) is 12.4. The van der Waals surface area contributed by atoms with Gasteiger partial charge in [0, 0.05) is 0 Å². The van der Waals surface area contributed by atoms with E-state index in [0.717, 1.165) is 17.2 Å². The van der Waals surface area contributed by atoms with Crippen molar-refractivity contribution in [3.8, 4) is 11.1 Å². The van der Waals surface area contributed by atoms with Crippen LogP contribution in [0.1, 0.15) is 5.56 Å². The van der Waals surface area contributed by atoms with E-state index in [-0.39, 0.29) is 5.46 Å². The van der Waals surface area contributed by atoms with Gasteiger partial charge in [-0.1, -0.05) is 35.9 Å². The molecule has 0 aliphatic heterocycles. The van der Waals surface area contributed by atoms with E-state index in [1.54, 1.807) is 6.07 Å². The Morgan fingerprint density at radius 2 is 1.59 bits per heavy atom. The first kappa shape index (κ1) is 11.8. The van der Waals surface area contributed by atoms with Crippen LogP contribution in [0.2, 0.25) is 0 Å². The lowest BCUT2D eigenvalue weighted by atomic mass is 9.79. The molecule has 0 unspecified atom stereocenters. The van der Waals surface area contributed by atoms with Crippen LogP contribution in [0.25, 0.3) is 11.1 Å². The summed E-state index contributed by atoms with van der Waals surface area (Å²) in [7, 11) is -1.66. The van der Waals surface area contributed by atoms with Gasteiger partial charge in [-0.15, -0.1) is 0 Å². The van der Waals surface area contributed by atoms with Crippen molar-refractivity contribution in [1.82, 2.24) is 0 Å². The van der Waals surface area contributed by atoms with Gasteiger partial charge >= 0.3 is 7.12 Å². The van der Waals surface area contributed by atoms with Gasteiger partial charge in [0.1, 0.15) is 5.82 Å². The standard InChI is InChI=1S/C13H12BFO2/c1-9-2-4-10(5-3-9)11-6-12(14(16)17)8-13(15)7-11/h2-8,16-17H,1H3. The van der Waals surface area contributed by atoms with Crippen molar-refractivity contribution >= 4 is 12.6 Å². The Bertz CT molecular complexity index is 523. The average Bonchev–Trinajstić information content (AvgIpc) is 2.29. The summed E-state index contributed by atoms with van der Waals surface area (Å²) < 4.78 is 13.3. The summed E-state index contributed by atoms with van der Waals surface area (Å²) in [5.41, 5.74) is 2.75. The highest BCUT2D eigenvalue weighted by Crippen LogP contribution is 2.19. The minimum absolute atomic E-state index is 0.153. The third-order valence-corrected chi connectivity index (χ3v) is 2.60. The predicted octanol–water partition coefficient (Wildman–Crippen LogP) is 1.48. The Kier molecular flexibility index (Phi) is 3.27. The van der Waals surface area contributed by atoms with Crippen molar-refractivity contribution in [3.63, 3.8) is 0 Å². The maximum atomic E-state index is 13.3. The SMILES string of the molecule is Cc1ccc(-c2cc(F)cc(B(O)O)c2)cc1. The average molecular weight is 230 g/mol. The molecule has 0 amide bonds. The van der Waals surface area contributed by atoms with Crippen molar-refractivity contribution in [3.05, 3.63) is 53.8 Å². The second-order valence-electron chi connectivity index (χ2n) is 4.01. The molecule has 0 radical (unpaired) electrons. The molecule has 86 valence electrons. The van der Waals surface area contributed by atoms with Gasteiger partial charge < -0.3 is 10.0 Å². The molecule has 0 aliphatic rings. The summed E-state index contributed by atoms with van der Waals surface area (Å²) in [6.45, 7) is 1.97. The number of hydrogen-bond acceptors (Lipinski definition) is 2. The molecule has 2 nitrogen and oxygen atoms in total. The molecule has 0 fully saturated rings. The summed E-state index contributed by atoms with van der Waals surface area (Å²) in [6.07, 6.45) is 0. The van der Waals surface area contributed by atoms with Crippen molar-refractivity contribution in [2.75, 3.05) is 0 Å². The predicted molar refractivity (Wildman–Crippen MR) is 66.4 cm³/mol. The van der Waals surface area contributed by atoms with Gasteiger partial charge in [0.2, 0.25) is 0 Å². The second kappa shape index (κ2) is 4.69. The fourth-order valence-corrected chi connectivity index (χ4v) is 1.67. The maximum absolute atomic E-state index is 13.3. The Balaban J connectivity index is 2.48. The summed E-state index contributed by atoms with van der Waals surface area (Å²) >= 11 is 0. The topological polar surface area (TPSA) is 40.5 Å². The minimum Gasteiger partial charge on any atom is -0.423 e. The van der Waals surface area contributed by atoms with E-state index in [9.17, 15) is 4.39 Å². The Morgan fingerprint density at radius 3 is 2.18 bits per heavy atom. The van der Waals surface area contributed by atoms with Crippen LogP contribution in [0, 0.1) is 12.7 Å². The molecule has 0 spiro atoms. The lowest BCUT2D eigenvalue weighted by Gasteiger charge is -2.06. The van der Waals surface area contributed by atoms with Crippen LogP contribution in [0.3, 0.4) is 0 Å². The minimum atomic E-state index is -1.66. The van der Waals surface area contributed by atoms with Crippen LogP contribution in [-0.4, -0.2) is 17.2 Å².